The standard InChI is InChI=1S/C22H17ClN2O3/c1-13-4-3-5-17(20(13)27-2)21(26)24-16-10-11-19-18(12-16)25-22(28-19)14-6-8-15(23)9-7-14/h3-12H,1-2H3,(H,24,26). The number of benzene rings is 3. The molecule has 1 N–H and O–H groups in total. The average molecular weight is 393 g/mol. The molecule has 0 unspecified atom stereocenters. The molecule has 1 heterocycles. The lowest BCUT2D eigenvalue weighted by atomic mass is 10.1. The predicted octanol–water partition coefficient (Wildman–Crippen LogP) is 5.72. The molecule has 4 aromatic rings. The first-order valence-corrected chi connectivity index (χ1v) is 9.04. The van der Waals surface area contributed by atoms with Gasteiger partial charge in [-0.3, -0.25) is 4.79 Å². The van der Waals surface area contributed by atoms with Crippen LogP contribution in [0.25, 0.3) is 22.6 Å². The fourth-order valence-corrected chi connectivity index (χ4v) is 3.15. The highest BCUT2D eigenvalue weighted by molar-refractivity contribution is 6.30. The van der Waals surface area contributed by atoms with Gasteiger partial charge in [0, 0.05) is 16.3 Å². The summed E-state index contributed by atoms with van der Waals surface area (Å²) in [7, 11) is 1.55. The van der Waals surface area contributed by atoms with Crippen LogP contribution in [0.1, 0.15) is 15.9 Å². The number of anilines is 1. The molecule has 0 bridgehead atoms. The summed E-state index contributed by atoms with van der Waals surface area (Å²) in [4.78, 5) is 17.2. The van der Waals surface area contributed by atoms with E-state index in [9.17, 15) is 4.79 Å². The number of hydrogen-bond donors (Lipinski definition) is 1. The van der Waals surface area contributed by atoms with Crippen molar-refractivity contribution in [2.24, 2.45) is 0 Å². The van der Waals surface area contributed by atoms with Crippen molar-refractivity contribution in [1.29, 1.82) is 0 Å². The summed E-state index contributed by atoms with van der Waals surface area (Å²) in [6, 6.07) is 18.1. The van der Waals surface area contributed by atoms with Gasteiger partial charge >= 0.3 is 0 Å². The third-order valence-electron chi connectivity index (χ3n) is 4.40. The summed E-state index contributed by atoms with van der Waals surface area (Å²) in [6.07, 6.45) is 0. The minimum absolute atomic E-state index is 0.249. The van der Waals surface area contributed by atoms with Crippen molar-refractivity contribution in [2.75, 3.05) is 12.4 Å². The van der Waals surface area contributed by atoms with Gasteiger partial charge in [-0.2, -0.15) is 0 Å². The van der Waals surface area contributed by atoms with E-state index in [0.29, 0.717) is 39.0 Å². The third-order valence-corrected chi connectivity index (χ3v) is 4.65. The van der Waals surface area contributed by atoms with Crippen LogP contribution >= 0.6 is 11.6 Å². The monoisotopic (exact) mass is 392 g/mol. The number of nitrogens with zero attached hydrogens (tertiary/aromatic N) is 1. The van der Waals surface area contributed by atoms with E-state index in [4.69, 9.17) is 20.8 Å². The molecular formula is C22H17ClN2O3. The lowest BCUT2D eigenvalue weighted by molar-refractivity contribution is 0.102. The zero-order chi connectivity index (χ0) is 19.7. The van der Waals surface area contributed by atoms with Crippen LogP contribution in [0.5, 0.6) is 5.75 Å². The number of aromatic nitrogens is 1. The van der Waals surface area contributed by atoms with E-state index in [1.807, 2.05) is 31.2 Å². The zero-order valence-electron chi connectivity index (χ0n) is 15.3. The number of rotatable bonds is 4. The van der Waals surface area contributed by atoms with Crippen LogP contribution in [0, 0.1) is 6.92 Å². The Labute approximate surface area is 166 Å². The van der Waals surface area contributed by atoms with E-state index < -0.39 is 0 Å². The first-order valence-electron chi connectivity index (χ1n) is 8.66. The molecule has 28 heavy (non-hydrogen) atoms. The Kier molecular flexibility index (Phi) is 4.75. The largest absolute Gasteiger partial charge is 0.496 e. The molecule has 140 valence electrons. The molecule has 6 heteroatoms. The van der Waals surface area contributed by atoms with Crippen molar-refractivity contribution < 1.29 is 13.9 Å². The Bertz CT molecular complexity index is 1170. The lowest BCUT2D eigenvalue weighted by Crippen LogP contribution is -2.13. The Morgan fingerprint density at radius 3 is 2.64 bits per heavy atom. The van der Waals surface area contributed by atoms with Crippen molar-refractivity contribution in [2.45, 2.75) is 6.92 Å². The number of aryl methyl sites for hydroxylation is 1. The lowest BCUT2D eigenvalue weighted by Gasteiger charge is -2.11. The SMILES string of the molecule is COc1c(C)cccc1C(=O)Nc1ccc2oc(-c3ccc(Cl)cc3)nc2c1. The summed E-state index contributed by atoms with van der Waals surface area (Å²) in [5, 5.41) is 3.54. The van der Waals surface area contributed by atoms with Crippen molar-refractivity contribution >= 4 is 34.3 Å². The number of halogens is 1. The number of methoxy groups -OCH3 is 1. The van der Waals surface area contributed by atoms with Gasteiger partial charge in [0.15, 0.2) is 5.58 Å². The highest BCUT2D eigenvalue weighted by atomic mass is 35.5. The van der Waals surface area contributed by atoms with Crippen molar-refractivity contribution in [3.63, 3.8) is 0 Å². The summed E-state index contributed by atoms with van der Waals surface area (Å²) in [5.41, 5.74) is 4.11. The molecule has 5 nitrogen and oxygen atoms in total. The molecule has 4 rings (SSSR count). The van der Waals surface area contributed by atoms with Gasteiger partial charge in [-0.15, -0.1) is 0 Å². The summed E-state index contributed by atoms with van der Waals surface area (Å²) in [6.45, 7) is 1.90. The van der Waals surface area contributed by atoms with E-state index in [1.54, 1.807) is 43.5 Å². The first kappa shape index (κ1) is 18.1. The molecule has 3 aromatic carbocycles. The Hall–Kier alpha value is -3.31. The maximum Gasteiger partial charge on any atom is 0.259 e. The van der Waals surface area contributed by atoms with Gasteiger partial charge in [0.1, 0.15) is 11.3 Å². The normalized spacial score (nSPS) is 10.8. The average Bonchev–Trinajstić information content (AvgIpc) is 3.11. The zero-order valence-corrected chi connectivity index (χ0v) is 16.1. The summed E-state index contributed by atoms with van der Waals surface area (Å²) >= 11 is 5.93. The number of hydrogen-bond acceptors (Lipinski definition) is 4. The van der Waals surface area contributed by atoms with Gasteiger partial charge in [-0.05, 0) is 61.0 Å². The number of carbonyl (C=O) groups is 1. The minimum atomic E-state index is -0.249. The topological polar surface area (TPSA) is 64.4 Å². The molecule has 0 aliphatic heterocycles. The van der Waals surface area contributed by atoms with Gasteiger partial charge in [0.2, 0.25) is 5.89 Å². The Balaban J connectivity index is 1.62. The molecule has 0 aliphatic rings. The molecule has 0 saturated heterocycles. The fourth-order valence-electron chi connectivity index (χ4n) is 3.02. The second-order valence-corrected chi connectivity index (χ2v) is 6.75. The highest BCUT2D eigenvalue weighted by Crippen LogP contribution is 2.28. The fraction of sp³-hybridized carbons (Fsp3) is 0.0909. The second-order valence-electron chi connectivity index (χ2n) is 6.32. The summed E-state index contributed by atoms with van der Waals surface area (Å²) in [5.74, 6) is 0.810. The molecule has 0 radical (unpaired) electrons. The number of carbonyl (C=O) groups excluding carboxylic acids is 1. The molecule has 0 spiro atoms. The van der Waals surface area contributed by atoms with Crippen LogP contribution in [-0.4, -0.2) is 18.0 Å². The quantitative estimate of drug-likeness (QED) is 0.482. The van der Waals surface area contributed by atoms with Crippen LogP contribution in [0.2, 0.25) is 5.02 Å². The highest BCUT2D eigenvalue weighted by Gasteiger charge is 2.15. The molecule has 0 fully saturated rings. The predicted molar refractivity (Wildman–Crippen MR) is 110 cm³/mol. The molecule has 0 aliphatic carbocycles. The molecule has 1 aromatic heterocycles. The molecule has 0 saturated carbocycles. The van der Waals surface area contributed by atoms with Gasteiger partial charge in [-0.25, -0.2) is 4.98 Å². The van der Waals surface area contributed by atoms with E-state index in [1.165, 1.54) is 0 Å². The molecule has 0 atom stereocenters. The van der Waals surface area contributed by atoms with E-state index in [2.05, 4.69) is 10.3 Å². The third kappa shape index (κ3) is 3.44. The van der Waals surface area contributed by atoms with Gasteiger partial charge in [0.05, 0.1) is 12.7 Å². The maximum absolute atomic E-state index is 12.7. The minimum Gasteiger partial charge on any atom is -0.496 e. The van der Waals surface area contributed by atoms with Gasteiger partial charge in [-0.1, -0.05) is 23.7 Å². The van der Waals surface area contributed by atoms with Gasteiger partial charge < -0.3 is 14.5 Å². The first-order chi connectivity index (χ1) is 13.5. The van der Waals surface area contributed by atoms with Gasteiger partial charge in [0.25, 0.3) is 5.91 Å². The van der Waals surface area contributed by atoms with E-state index >= 15 is 0 Å². The number of para-hydroxylation sites is 1. The van der Waals surface area contributed by atoms with Crippen molar-refractivity contribution in [3.05, 3.63) is 76.8 Å². The maximum atomic E-state index is 12.7. The van der Waals surface area contributed by atoms with Crippen LogP contribution in [-0.2, 0) is 0 Å². The number of ether oxygens (including phenoxy) is 1. The number of nitrogens with one attached hydrogen (secondary N) is 1. The Morgan fingerprint density at radius 2 is 1.89 bits per heavy atom. The smallest absolute Gasteiger partial charge is 0.259 e. The van der Waals surface area contributed by atoms with Crippen molar-refractivity contribution in [1.82, 2.24) is 4.98 Å². The second kappa shape index (κ2) is 7.37. The molecule has 1 amide bonds. The van der Waals surface area contributed by atoms with Crippen LogP contribution in [0.3, 0.4) is 0 Å². The number of amides is 1. The van der Waals surface area contributed by atoms with E-state index in [-0.39, 0.29) is 5.91 Å². The summed E-state index contributed by atoms with van der Waals surface area (Å²) < 4.78 is 11.2. The number of oxazole rings is 1. The van der Waals surface area contributed by atoms with Crippen LogP contribution in [0.15, 0.2) is 65.1 Å². The van der Waals surface area contributed by atoms with E-state index in [0.717, 1.165) is 11.1 Å². The van der Waals surface area contributed by atoms with Crippen molar-refractivity contribution in [3.8, 4) is 17.2 Å². The Morgan fingerprint density at radius 1 is 1.11 bits per heavy atom. The number of fused-ring (bicyclic) bond motifs is 1. The molecular weight excluding hydrogens is 376 g/mol. The van der Waals surface area contributed by atoms with Crippen LogP contribution in [0.4, 0.5) is 5.69 Å². The van der Waals surface area contributed by atoms with Crippen LogP contribution < -0.4 is 10.1 Å².